The highest BCUT2D eigenvalue weighted by atomic mass is 35.5. The molecule has 2 aromatic carbocycles. The molecule has 0 aliphatic heterocycles. The van der Waals surface area contributed by atoms with Crippen molar-refractivity contribution in [1.82, 2.24) is 4.90 Å². The van der Waals surface area contributed by atoms with Crippen molar-refractivity contribution >= 4 is 38.5 Å². The summed E-state index contributed by atoms with van der Waals surface area (Å²) in [6.45, 7) is 1.84. The number of nitrogens with two attached hydrogens (primary N) is 1. The lowest BCUT2D eigenvalue weighted by atomic mass is 10.1. The van der Waals surface area contributed by atoms with Crippen molar-refractivity contribution in [3.8, 4) is 0 Å². The molecule has 0 spiro atoms. The number of sulfonamides is 1. The van der Waals surface area contributed by atoms with Gasteiger partial charge in [-0.2, -0.15) is 0 Å². The molecule has 1 amide bonds. The Balaban J connectivity index is 1.84. The maximum absolute atomic E-state index is 12.7. The van der Waals surface area contributed by atoms with Gasteiger partial charge in [-0.25, -0.2) is 13.6 Å². The molecular formula is C18H17ClN2O4S. The Labute approximate surface area is 156 Å². The number of fused-ring (bicyclic) bond motifs is 1. The normalized spacial score (nSPS) is 12.9. The summed E-state index contributed by atoms with van der Waals surface area (Å²) in [6.07, 6.45) is 0. The van der Waals surface area contributed by atoms with Gasteiger partial charge in [-0.15, -0.1) is 0 Å². The summed E-state index contributed by atoms with van der Waals surface area (Å²) >= 11 is 5.96. The van der Waals surface area contributed by atoms with E-state index in [1.165, 1.54) is 17.0 Å². The zero-order chi connectivity index (χ0) is 19.1. The molecule has 1 aromatic heterocycles. The molecule has 0 radical (unpaired) electrons. The van der Waals surface area contributed by atoms with Crippen molar-refractivity contribution in [2.45, 2.75) is 17.9 Å². The van der Waals surface area contributed by atoms with Crippen LogP contribution in [0.2, 0.25) is 5.02 Å². The second kappa shape index (κ2) is 6.75. The number of hydrogen-bond donors (Lipinski definition) is 1. The first-order chi connectivity index (χ1) is 12.2. The molecule has 8 heteroatoms. The second-order valence-electron chi connectivity index (χ2n) is 6.00. The SMILES string of the molecule is C[C@H](c1ccc(S(N)(=O)=O)cc1)N(C)C(=O)c1cc2cc(Cl)ccc2o1. The largest absolute Gasteiger partial charge is 0.451 e. The molecule has 0 saturated carbocycles. The van der Waals surface area contributed by atoms with Gasteiger partial charge in [-0.05, 0) is 48.9 Å². The Hall–Kier alpha value is -2.35. The standard InChI is InChI=1S/C18H17ClN2O4S/c1-11(12-3-6-15(7-4-12)26(20,23)24)21(2)18(22)17-10-13-9-14(19)5-8-16(13)25-17/h3-11H,1-2H3,(H2,20,23,24)/t11-/m1/s1. The van der Waals surface area contributed by atoms with Crippen LogP contribution in [-0.2, 0) is 10.0 Å². The minimum absolute atomic E-state index is 0.0246. The molecule has 0 saturated heterocycles. The molecule has 3 rings (SSSR count). The van der Waals surface area contributed by atoms with E-state index >= 15 is 0 Å². The average molecular weight is 393 g/mol. The Morgan fingerprint density at radius 2 is 1.81 bits per heavy atom. The molecular weight excluding hydrogens is 376 g/mol. The van der Waals surface area contributed by atoms with Gasteiger partial charge >= 0.3 is 0 Å². The van der Waals surface area contributed by atoms with E-state index in [4.69, 9.17) is 21.2 Å². The first kappa shape index (κ1) is 18.4. The van der Waals surface area contributed by atoms with Crippen molar-refractivity contribution in [2.24, 2.45) is 5.14 Å². The van der Waals surface area contributed by atoms with Crippen molar-refractivity contribution in [3.05, 3.63) is 64.9 Å². The summed E-state index contributed by atoms with van der Waals surface area (Å²) in [6, 6.07) is 12.6. The van der Waals surface area contributed by atoms with E-state index in [0.717, 1.165) is 10.9 Å². The zero-order valence-electron chi connectivity index (χ0n) is 14.1. The van der Waals surface area contributed by atoms with E-state index in [1.807, 2.05) is 6.92 Å². The van der Waals surface area contributed by atoms with Gasteiger partial charge in [0.2, 0.25) is 10.0 Å². The molecule has 0 aliphatic carbocycles. The lowest BCUT2D eigenvalue weighted by Gasteiger charge is -2.24. The monoisotopic (exact) mass is 392 g/mol. The van der Waals surface area contributed by atoms with Crippen LogP contribution in [0.1, 0.15) is 29.1 Å². The Bertz CT molecular complexity index is 1070. The minimum atomic E-state index is -3.75. The average Bonchev–Trinajstić information content (AvgIpc) is 3.02. The van der Waals surface area contributed by atoms with E-state index in [-0.39, 0.29) is 22.6 Å². The molecule has 0 unspecified atom stereocenters. The zero-order valence-corrected chi connectivity index (χ0v) is 15.7. The van der Waals surface area contributed by atoms with Crippen LogP contribution in [0.25, 0.3) is 11.0 Å². The summed E-state index contributed by atoms with van der Waals surface area (Å²) in [5.74, 6) is -0.0851. The third kappa shape index (κ3) is 3.60. The number of carbonyl (C=O) groups excluding carboxylic acids is 1. The number of benzene rings is 2. The van der Waals surface area contributed by atoms with Gasteiger partial charge in [0.1, 0.15) is 5.58 Å². The summed E-state index contributed by atoms with van der Waals surface area (Å²) in [5, 5.41) is 6.41. The first-order valence-electron chi connectivity index (χ1n) is 7.76. The third-order valence-electron chi connectivity index (χ3n) is 4.28. The van der Waals surface area contributed by atoms with E-state index in [2.05, 4.69) is 0 Å². The highest BCUT2D eigenvalue weighted by Crippen LogP contribution is 2.26. The topological polar surface area (TPSA) is 93.6 Å². The number of carbonyl (C=O) groups is 1. The highest BCUT2D eigenvalue weighted by molar-refractivity contribution is 7.89. The summed E-state index contributed by atoms with van der Waals surface area (Å²) in [5.41, 5.74) is 1.35. The number of halogens is 1. The van der Waals surface area contributed by atoms with Crippen LogP contribution in [0.3, 0.4) is 0 Å². The van der Waals surface area contributed by atoms with Gasteiger partial charge in [0.05, 0.1) is 10.9 Å². The molecule has 26 heavy (non-hydrogen) atoms. The van der Waals surface area contributed by atoms with Crippen LogP contribution in [0.4, 0.5) is 0 Å². The fourth-order valence-electron chi connectivity index (χ4n) is 2.63. The van der Waals surface area contributed by atoms with Gasteiger partial charge in [0.15, 0.2) is 5.76 Å². The smallest absolute Gasteiger partial charge is 0.289 e. The number of furan rings is 1. The van der Waals surface area contributed by atoms with Crippen molar-refractivity contribution in [2.75, 3.05) is 7.05 Å². The second-order valence-corrected chi connectivity index (χ2v) is 8.00. The minimum Gasteiger partial charge on any atom is -0.451 e. The van der Waals surface area contributed by atoms with Crippen LogP contribution in [0.5, 0.6) is 0 Å². The lowest BCUT2D eigenvalue weighted by molar-refractivity contribution is 0.0713. The summed E-state index contributed by atoms with van der Waals surface area (Å²) in [4.78, 5) is 14.3. The van der Waals surface area contributed by atoms with E-state index in [0.29, 0.717) is 10.6 Å². The van der Waals surface area contributed by atoms with Gasteiger partial charge < -0.3 is 9.32 Å². The van der Waals surface area contributed by atoms with Crippen LogP contribution < -0.4 is 5.14 Å². The molecule has 136 valence electrons. The van der Waals surface area contributed by atoms with Crippen LogP contribution in [0, 0.1) is 0 Å². The quantitative estimate of drug-likeness (QED) is 0.734. The fraction of sp³-hybridized carbons (Fsp3) is 0.167. The van der Waals surface area contributed by atoms with E-state index in [9.17, 15) is 13.2 Å². The van der Waals surface area contributed by atoms with Crippen LogP contribution >= 0.6 is 11.6 Å². The van der Waals surface area contributed by atoms with Gasteiger partial charge in [0, 0.05) is 17.5 Å². The van der Waals surface area contributed by atoms with Crippen molar-refractivity contribution < 1.29 is 17.6 Å². The molecule has 0 fully saturated rings. The van der Waals surface area contributed by atoms with Gasteiger partial charge in [0.25, 0.3) is 5.91 Å². The van der Waals surface area contributed by atoms with Crippen LogP contribution in [0.15, 0.2) is 57.8 Å². The van der Waals surface area contributed by atoms with E-state index in [1.54, 1.807) is 43.4 Å². The number of amides is 1. The molecule has 3 aromatic rings. The maximum atomic E-state index is 12.7. The molecule has 1 heterocycles. The van der Waals surface area contributed by atoms with Crippen molar-refractivity contribution in [3.63, 3.8) is 0 Å². The molecule has 1 atom stereocenters. The molecule has 6 nitrogen and oxygen atoms in total. The predicted molar refractivity (Wildman–Crippen MR) is 99.5 cm³/mol. The van der Waals surface area contributed by atoms with Gasteiger partial charge in [-0.1, -0.05) is 23.7 Å². The Morgan fingerprint density at radius 1 is 1.15 bits per heavy atom. The number of nitrogens with zero attached hydrogens (tertiary/aromatic N) is 1. The molecule has 0 aliphatic rings. The molecule has 0 bridgehead atoms. The van der Waals surface area contributed by atoms with Crippen LogP contribution in [-0.4, -0.2) is 26.3 Å². The number of rotatable bonds is 4. The summed E-state index contributed by atoms with van der Waals surface area (Å²) in [7, 11) is -2.10. The fourth-order valence-corrected chi connectivity index (χ4v) is 3.32. The number of primary sulfonamides is 1. The Kier molecular flexibility index (Phi) is 4.79. The number of hydrogen-bond acceptors (Lipinski definition) is 4. The third-order valence-corrected chi connectivity index (χ3v) is 5.45. The molecule has 2 N–H and O–H groups in total. The summed E-state index contributed by atoms with van der Waals surface area (Å²) < 4.78 is 28.3. The van der Waals surface area contributed by atoms with Gasteiger partial charge in [-0.3, -0.25) is 4.79 Å². The lowest BCUT2D eigenvalue weighted by Crippen LogP contribution is -2.29. The van der Waals surface area contributed by atoms with Crippen molar-refractivity contribution in [1.29, 1.82) is 0 Å². The first-order valence-corrected chi connectivity index (χ1v) is 9.68. The van der Waals surface area contributed by atoms with E-state index < -0.39 is 10.0 Å². The Morgan fingerprint density at radius 3 is 2.42 bits per heavy atom. The predicted octanol–water partition coefficient (Wildman–Crippen LogP) is 3.57. The highest BCUT2D eigenvalue weighted by Gasteiger charge is 2.22. The maximum Gasteiger partial charge on any atom is 0.289 e.